The maximum absolute atomic E-state index is 10.8. The van der Waals surface area contributed by atoms with Gasteiger partial charge in [-0.25, -0.2) is 0 Å². The van der Waals surface area contributed by atoms with Gasteiger partial charge >= 0.3 is 0 Å². The molecule has 0 N–H and O–H groups in total. The van der Waals surface area contributed by atoms with Crippen LogP contribution in [0.25, 0.3) is 0 Å². The van der Waals surface area contributed by atoms with Crippen LogP contribution in [0.4, 0.5) is 5.69 Å². The zero-order valence-electron chi connectivity index (χ0n) is 11.5. The monoisotopic (exact) mass is 333 g/mol. The quantitative estimate of drug-likeness (QED) is 0.777. The van der Waals surface area contributed by atoms with E-state index in [1.807, 2.05) is 49.5 Å². The molecule has 0 radical (unpaired) electrons. The molecule has 104 valence electrons. The molecule has 3 nitrogen and oxygen atoms in total. The van der Waals surface area contributed by atoms with Crippen molar-refractivity contribution in [2.45, 2.75) is 6.54 Å². The van der Waals surface area contributed by atoms with Crippen molar-refractivity contribution in [1.82, 2.24) is 0 Å². The van der Waals surface area contributed by atoms with Gasteiger partial charge in [-0.3, -0.25) is 4.79 Å². The number of para-hydroxylation sites is 1. The Kier molecular flexibility index (Phi) is 4.79. The molecule has 0 amide bonds. The van der Waals surface area contributed by atoms with Crippen LogP contribution in [0.2, 0.25) is 0 Å². The maximum Gasteiger partial charge on any atom is 0.150 e. The van der Waals surface area contributed by atoms with E-state index in [9.17, 15) is 4.79 Å². The summed E-state index contributed by atoms with van der Waals surface area (Å²) in [5.74, 6) is 0.875. The van der Waals surface area contributed by atoms with Crippen LogP contribution in [-0.2, 0) is 6.54 Å². The normalized spacial score (nSPS) is 10.2. The minimum Gasteiger partial charge on any atom is -0.496 e. The lowest BCUT2D eigenvalue weighted by Gasteiger charge is -2.22. The molecule has 0 unspecified atom stereocenters. The zero-order chi connectivity index (χ0) is 14.5. The number of anilines is 1. The molecule has 0 bridgehead atoms. The second-order valence-corrected chi connectivity index (χ2v) is 5.35. The molecule has 0 heterocycles. The molecule has 20 heavy (non-hydrogen) atoms. The number of aldehydes is 1. The number of benzene rings is 2. The number of methoxy groups -OCH3 is 1. The number of rotatable bonds is 5. The molecule has 0 aliphatic heterocycles. The Labute approximate surface area is 127 Å². The third-order valence-electron chi connectivity index (χ3n) is 3.12. The lowest BCUT2D eigenvalue weighted by atomic mass is 10.1. The summed E-state index contributed by atoms with van der Waals surface area (Å²) >= 11 is 3.51. The number of carbonyl (C=O) groups is 1. The number of hydrogen-bond acceptors (Lipinski definition) is 3. The van der Waals surface area contributed by atoms with E-state index in [-0.39, 0.29) is 0 Å². The highest BCUT2D eigenvalue weighted by Gasteiger charge is 2.09. The van der Waals surface area contributed by atoms with Gasteiger partial charge in [-0.2, -0.15) is 0 Å². The Morgan fingerprint density at radius 3 is 2.65 bits per heavy atom. The fraction of sp³-hybridized carbons (Fsp3) is 0.188. The van der Waals surface area contributed by atoms with Gasteiger partial charge in [-0.15, -0.1) is 0 Å². The molecule has 0 atom stereocenters. The van der Waals surface area contributed by atoms with E-state index in [0.717, 1.165) is 34.3 Å². The molecular formula is C16H16BrNO2. The Morgan fingerprint density at radius 2 is 2.00 bits per heavy atom. The largest absolute Gasteiger partial charge is 0.496 e. The Balaban J connectivity index is 2.23. The van der Waals surface area contributed by atoms with Crippen molar-refractivity contribution in [2.24, 2.45) is 0 Å². The average molecular weight is 334 g/mol. The molecule has 2 aromatic rings. The van der Waals surface area contributed by atoms with Crippen molar-refractivity contribution in [3.8, 4) is 5.75 Å². The lowest BCUT2D eigenvalue weighted by Crippen LogP contribution is -2.17. The predicted molar refractivity (Wildman–Crippen MR) is 84.6 cm³/mol. The summed E-state index contributed by atoms with van der Waals surface area (Å²) in [6.07, 6.45) is 0.842. The summed E-state index contributed by atoms with van der Waals surface area (Å²) in [5, 5.41) is 0. The van der Waals surface area contributed by atoms with Gasteiger partial charge in [0, 0.05) is 29.2 Å². The molecule has 0 aliphatic carbocycles. The Hall–Kier alpha value is -1.81. The fourth-order valence-corrected chi connectivity index (χ4v) is 2.78. The molecule has 4 heteroatoms. The van der Waals surface area contributed by atoms with Gasteiger partial charge < -0.3 is 9.64 Å². The fourth-order valence-electron chi connectivity index (χ4n) is 2.08. The third kappa shape index (κ3) is 3.20. The van der Waals surface area contributed by atoms with Crippen molar-refractivity contribution >= 4 is 27.9 Å². The Morgan fingerprint density at radius 1 is 1.25 bits per heavy atom. The SMILES string of the molecule is COc1ccccc1CN(C)c1ccc(C=O)cc1Br. The average Bonchev–Trinajstić information content (AvgIpc) is 2.47. The first-order chi connectivity index (χ1) is 9.65. The summed E-state index contributed by atoms with van der Waals surface area (Å²) < 4.78 is 6.27. The van der Waals surface area contributed by atoms with Crippen LogP contribution >= 0.6 is 15.9 Å². The summed E-state index contributed by atoms with van der Waals surface area (Å²) in [4.78, 5) is 12.9. The van der Waals surface area contributed by atoms with E-state index < -0.39 is 0 Å². The molecule has 0 spiro atoms. The number of halogens is 1. The molecule has 0 saturated carbocycles. The van der Waals surface area contributed by atoms with E-state index >= 15 is 0 Å². The van der Waals surface area contributed by atoms with Gasteiger partial charge in [0.05, 0.1) is 12.8 Å². The van der Waals surface area contributed by atoms with Crippen molar-refractivity contribution in [1.29, 1.82) is 0 Å². The molecule has 0 aromatic heterocycles. The van der Waals surface area contributed by atoms with Crippen molar-refractivity contribution in [3.63, 3.8) is 0 Å². The van der Waals surface area contributed by atoms with Gasteiger partial charge in [0.1, 0.15) is 12.0 Å². The van der Waals surface area contributed by atoms with Crippen LogP contribution in [0, 0.1) is 0 Å². The smallest absolute Gasteiger partial charge is 0.150 e. The van der Waals surface area contributed by atoms with E-state index in [2.05, 4.69) is 20.8 Å². The minimum absolute atomic E-state index is 0.659. The highest BCUT2D eigenvalue weighted by molar-refractivity contribution is 9.10. The second kappa shape index (κ2) is 6.57. The molecule has 0 aliphatic rings. The molecule has 0 saturated heterocycles. The lowest BCUT2D eigenvalue weighted by molar-refractivity contribution is 0.112. The molecular weight excluding hydrogens is 318 g/mol. The highest BCUT2D eigenvalue weighted by atomic mass is 79.9. The molecule has 0 fully saturated rings. The van der Waals surface area contributed by atoms with Crippen LogP contribution in [-0.4, -0.2) is 20.4 Å². The Bertz CT molecular complexity index is 613. The summed E-state index contributed by atoms with van der Waals surface area (Å²) in [7, 11) is 3.68. The standard InChI is InChI=1S/C16H16BrNO2/c1-18(10-13-5-3-4-6-16(13)20-2)15-8-7-12(11-19)9-14(15)17/h3-9,11H,10H2,1-2H3. The number of ether oxygens (including phenoxy) is 1. The van der Waals surface area contributed by atoms with E-state index in [0.29, 0.717) is 5.56 Å². The number of carbonyl (C=O) groups excluding carboxylic acids is 1. The minimum atomic E-state index is 0.659. The van der Waals surface area contributed by atoms with Gasteiger partial charge in [-0.05, 0) is 40.2 Å². The van der Waals surface area contributed by atoms with Crippen molar-refractivity contribution < 1.29 is 9.53 Å². The summed E-state index contributed by atoms with van der Waals surface area (Å²) in [5.41, 5.74) is 2.80. The van der Waals surface area contributed by atoms with Crippen LogP contribution in [0.1, 0.15) is 15.9 Å². The molecule has 2 rings (SSSR count). The van der Waals surface area contributed by atoms with Crippen molar-refractivity contribution in [2.75, 3.05) is 19.1 Å². The van der Waals surface area contributed by atoms with Crippen LogP contribution < -0.4 is 9.64 Å². The topological polar surface area (TPSA) is 29.5 Å². The van der Waals surface area contributed by atoms with Crippen LogP contribution in [0.3, 0.4) is 0 Å². The summed E-state index contributed by atoms with van der Waals surface area (Å²) in [6.45, 7) is 0.725. The van der Waals surface area contributed by atoms with Crippen LogP contribution in [0.5, 0.6) is 5.75 Å². The first kappa shape index (κ1) is 14.6. The first-order valence-electron chi connectivity index (χ1n) is 6.23. The maximum atomic E-state index is 10.8. The predicted octanol–water partition coefficient (Wildman–Crippen LogP) is 3.91. The number of hydrogen-bond donors (Lipinski definition) is 0. The van der Waals surface area contributed by atoms with Crippen molar-refractivity contribution in [3.05, 3.63) is 58.1 Å². The van der Waals surface area contributed by atoms with E-state index in [1.165, 1.54) is 0 Å². The summed E-state index contributed by atoms with van der Waals surface area (Å²) in [6, 6.07) is 13.5. The second-order valence-electron chi connectivity index (χ2n) is 4.50. The van der Waals surface area contributed by atoms with Gasteiger partial charge in [0.15, 0.2) is 0 Å². The van der Waals surface area contributed by atoms with Gasteiger partial charge in [0.2, 0.25) is 0 Å². The molecule has 2 aromatic carbocycles. The van der Waals surface area contributed by atoms with Gasteiger partial charge in [-0.1, -0.05) is 18.2 Å². The van der Waals surface area contributed by atoms with E-state index in [1.54, 1.807) is 7.11 Å². The zero-order valence-corrected chi connectivity index (χ0v) is 13.1. The third-order valence-corrected chi connectivity index (χ3v) is 3.75. The van der Waals surface area contributed by atoms with Crippen LogP contribution in [0.15, 0.2) is 46.9 Å². The number of nitrogens with zero attached hydrogens (tertiary/aromatic N) is 1. The van der Waals surface area contributed by atoms with E-state index in [4.69, 9.17) is 4.74 Å². The highest BCUT2D eigenvalue weighted by Crippen LogP contribution is 2.28. The first-order valence-corrected chi connectivity index (χ1v) is 7.02. The van der Waals surface area contributed by atoms with Gasteiger partial charge in [0.25, 0.3) is 0 Å².